The van der Waals surface area contributed by atoms with Gasteiger partial charge in [-0.15, -0.1) is 0 Å². The number of ether oxygens (including phenoxy) is 1. The number of phenolic OH excluding ortho intramolecular Hbond substituents is 1. The number of hydrogen-bond donors (Lipinski definition) is 1. The van der Waals surface area contributed by atoms with Crippen molar-refractivity contribution >= 4 is 34.0 Å². The van der Waals surface area contributed by atoms with Crippen LogP contribution < -0.4 is 4.74 Å². The molecule has 17 heavy (non-hydrogen) atoms. The Kier molecular flexibility index (Phi) is 3.77. The molecule has 2 rings (SSSR count). The molecule has 0 fully saturated rings. The van der Waals surface area contributed by atoms with E-state index in [-0.39, 0.29) is 16.8 Å². The van der Waals surface area contributed by atoms with Crippen LogP contribution >= 0.6 is 23.2 Å². The van der Waals surface area contributed by atoms with Crippen LogP contribution in [0.1, 0.15) is 0 Å². The third kappa shape index (κ3) is 2.84. The lowest BCUT2D eigenvalue weighted by atomic mass is 10.1. The fourth-order valence-electron chi connectivity index (χ4n) is 1.58. The number of fused-ring (bicyclic) bond motifs is 1. The maximum Gasteiger partial charge on any atom is 0.127 e. The first-order chi connectivity index (χ1) is 8.18. The first-order valence-electron chi connectivity index (χ1n) is 5.03. The third-order valence-corrected chi connectivity index (χ3v) is 2.64. The molecule has 2 aromatic carbocycles. The molecule has 0 spiro atoms. The first kappa shape index (κ1) is 12.1. The van der Waals surface area contributed by atoms with Gasteiger partial charge in [-0.1, -0.05) is 47.5 Å². The summed E-state index contributed by atoms with van der Waals surface area (Å²) in [5.74, 6) is 0.920. The topological polar surface area (TPSA) is 29.5 Å². The molecule has 0 aromatic heterocycles. The summed E-state index contributed by atoms with van der Waals surface area (Å²) in [6, 6.07) is 10.8. The Morgan fingerprint density at radius 2 is 1.82 bits per heavy atom. The van der Waals surface area contributed by atoms with Crippen LogP contribution in [-0.4, -0.2) is 11.7 Å². The summed E-state index contributed by atoms with van der Waals surface area (Å²) >= 11 is 11.0. The van der Waals surface area contributed by atoms with Crippen molar-refractivity contribution in [1.29, 1.82) is 0 Å². The van der Waals surface area contributed by atoms with Crippen LogP contribution in [0, 0.1) is 0 Å². The summed E-state index contributed by atoms with van der Waals surface area (Å²) < 4.78 is 5.70. The van der Waals surface area contributed by atoms with Crippen molar-refractivity contribution in [1.82, 2.24) is 0 Å². The molecular weight excluding hydrogens is 259 g/mol. The highest BCUT2D eigenvalue weighted by molar-refractivity contribution is 6.55. The molecule has 0 aliphatic heterocycles. The Bertz CT molecular complexity index is 560. The third-order valence-electron chi connectivity index (χ3n) is 2.34. The predicted molar refractivity (Wildman–Crippen MR) is 70.9 cm³/mol. The van der Waals surface area contributed by atoms with Crippen molar-refractivity contribution < 1.29 is 9.84 Å². The van der Waals surface area contributed by atoms with Gasteiger partial charge in [-0.3, -0.25) is 0 Å². The average Bonchev–Trinajstić information content (AvgIpc) is 2.30. The monoisotopic (exact) mass is 268 g/mol. The van der Waals surface area contributed by atoms with Crippen LogP contribution in [0.25, 0.3) is 10.8 Å². The quantitative estimate of drug-likeness (QED) is 0.902. The van der Waals surface area contributed by atoms with Gasteiger partial charge in [0, 0.05) is 10.8 Å². The van der Waals surface area contributed by atoms with Gasteiger partial charge in [-0.05, 0) is 18.2 Å². The van der Waals surface area contributed by atoms with Gasteiger partial charge in [-0.25, -0.2) is 0 Å². The number of aromatic hydroxyl groups is 1. The van der Waals surface area contributed by atoms with E-state index in [0.717, 1.165) is 10.8 Å². The molecular formula is C13H10Cl2O2. The van der Waals surface area contributed by atoms with Gasteiger partial charge < -0.3 is 9.84 Å². The van der Waals surface area contributed by atoms with Crippen molar-refractivity contribution in [2.75, 3.05) is 6.61 Å². The van der Waals surface area contributed by atoms with Gasteiger partial charge in [0.05, 0.1) is 0 Å². The van der Waals surface area contributed by atoms with Crippen molar-refractivity contribution in [2.24, 2.45) is 0 Å². The zero-order valence-electron chi connectivity index (χ0n) is 8.86. The lowest BCUT2D eigenvalue weighted by Gasteiger charge is -2.08. The highest BCUT2D eigenvalue weighted by Crippen LogP contribution is 2.31. The van der Waals surface area contributed by atoms with E-state index >= 15 is 0 Å². The minimum atomic E-state index is 0.174. The van der Waals surface area contributed by atoms with Gasteiger partial charge in [0.2, 0.25) is 0 Å². The van der Waals surface area contributed by atoms with Crippen LogP contribution in [0.4, 0.5) is 0 Å². The molecule has 0 atom stereocenters. The van der Waals surface area contributed by atoms with Gasteiger partial charge in [0.25, 0.3) is 0 Å². The molecule has 0 aliphatic carbocycles. The lowest BCUT2D eigenvalue weighted by Crippen LogP contribution is -1.94. The van der Waals surface area contributed by atoms with Gasteiger partial charge in [0.15, 0.2) is 0 Å². The molecule has 0 radical (unpaired) electrons. The summed E-state index contributed by atoms with van der Waals surface area (Å²) in [4.78, 5) is 0. The second-order valence-electron chi connectivity index (χ2n) is 3.43. The normalized spacial score (nSPS) is 10.2. The minimum absolute atomic E-state index is 0.174. The molecule has 88 valence electrons. The Morgan fingerprint density at radius 3 is 2.59 bits per heavy atom. The fraction of sp³-hybridized carbons (Fsp3) is 0.0769. The highest BCUT2D eigenvalue weighted by Gasteiger charge is 2.04. The van der Waals surface area contributed by atoms with E-state index in [9.17, 15) is 5.11 Å². The second kappa shape index (κ2) is 5.30. The Hall–Kier alpha value is -1.38. The number of rotatable bonds is 3. The molecule has 0 saturated carbocycles. The van der Waals surface area contributed by atoms with Crippen molar-refractivity contribution in [2.45, 2.75) is 0 Å². The molecule has 0 aliphatic rings. The molecule has 1 N–H and O–H groups in total. The average molecular weight is 269 g/mol. The summed E-state index contributed by atoms with van der Waals surface area (Å²) in [6.45, 7) is 0.289. The minimum Gasteiger partial charge on any atom is -0.507 e. The number of hydrogen-bond acceptors (Lipinski definition) is 2. The summed E-state index contributed by atoms with van der Waals surface area (Å²) in [7, 11) is 0. The summed E-state index contributed by atoms with van der Waals surface area (Å²) in [6.07, 6.45) is 1.56. The van der Waals surface area contributed by atoms with Crippen LogP contribution in [0.3, 0.4) is 0 Å². The van der Waals surface area contributed by atoms with Crippen LogP contribution in [0.5, 0.6) is 11.5 Å². The number of halogens is 2. The molecule has 0 saturated heterocycles. The smallest absolute Gasteiger partial charge is 0.127 e. The molecule has 4 heteroatoms. The van der Waals surface area contributed by atoms with Crippen LogP contribution in [-0.2, 0) is 0 Å². The van der Waals surface area contributed by atoms with Gasteiger partial charge >= 0.3 is 0 Å². The standard InChI is InChI=1S/C13H10Cl2O2/c14-13(15)7-8-17-12-6-2-3-9-10(12)4-1-5-11(9)16/h1-7,16H,8H2. The van der Waals surface area contributed by atoms with E-state index in [1.165, 1.54) is 0 Å². The van der Waals surface area contributed by atoms with E-state index in [2.05, 4.69) is 0 Å². The van der Waals surface area contributed by atoms with Crippen molar-refractivity contribution in [3.8, 4) is 11.5 Å². The highest BCUT2D eigenvalue weighted by atomic mass is 35.5. The number of benzene rings is 2. The van der Waals surface area contributed by atoms with Gasteiger partial charge in [-0.2, -0.15) is 0 Å². The second-order valence-corrected chi connectivity index (χ2v) is 4.44. The largest absolute Gasteiger partial charge is 0.507 e. The van der Waals surface area contributed by atoms with Crippen LogP contribution in [0.2, 0.25) is 0 Å². The molecule has 0 heterocycles. The SMILES string of the molecule is Oc1cccc2c(OCC=C(Cl)Cl)cccc12. The van der Waals surface area contributed by atoms with Crippen LogP contribution in [0.15, 0.2) is 47.0 Å². The molecule has 0 amide bonds. The zero-order chi connectivity index (χ0) is 12.3. The zero-order valence-corrected chi connectivity index (χ0v) is 10.4. The molecule has 2 aromatic rings. The summed E-state index contributed by atoms with van der Waals surface area (Å²) in [5.41, 5.74) is 0. The Morgan fingerprint density at radius 1 is 1.12 bits per heavy atom. The molecule has 2 nitrogen and oxygen atoms in total. The molecule has 0 unspecified atom stereocenters. The Balaban J connectivity index is 2.35. The van der Waals surface area contributed by atoms with E-state index in [1.54, 1.807) is 18.2 Å². The van der Waals surface area contributed by atoms with E-state index in [0.29, 0.717) is 5.75 Å². The molecule has 0 bridgehead atoms. The Labute approximate surface area is 109 Å². The summed E-state index contributed by atoms with van der Waals surface area (Å²) in [5, 5.41) is 11.3. The van der Waals surface area contributed by atoms with E-state index in [4.69, 9.17) is 27.9 Å². The number of phenols is 1. The lowest BCUT2D eigenvalue weighted by molar-refractivity contribution is 0.367. The van der Waals surface area contributed by atoms with Gasteiger partial charge in [0.1, 0.15) is 22.6 Å². The maximum atomic E-state index is 9.70. The predicted octanol–water partition coefficient (Wildman–Crippen LogP) is 4.24. The van der Waals surface area contributed by atoms with Crippen molar-refractivity contribution in [3.05, 3.63) is 47.0 Å². The maximum absolute atomic E-state index is 9.70. The first-order valence-corrected chi connectivity index (χ1v) is 5.79. The van der Waals surface area contributed by atoms with Crippen molar-refractivity contribution in [3.63, 3.8) is 0 Å². The van der Waals surface area contributed by atoms with E-state index in [1.807, 2.05) is 24.3 Å². The fourth-order valence-corrected chi connectivity index (χ4v) is 1.71. The van der Waals surface area contributed by atoms with E-state index < -0.39 is 0 Å².